The normalized spacial score (nSPS) is 11.8. The smallest absolute Gasteiger partial charge is 0.0561 e. The van der Waals surface area contributed by atoms with Gasteiger partial charge in [0, 0.05) is 53.4 Å². The van der Waals surface area contributed by atoms with Crippen molar-refractivity contribution in [1.82, 2.24) is 4.57 Å². The number of para-hydroxylation sites is 2. The highest BCUT2D eigenvalue weighted by Gasteiger charge is 2.21. The Morgan fingerprint density at radius 1 is 0.396 bits per heavy atom. The average molecular weight is 693 g/mol. The molecule has 2 nitrogen and oxygen atoms in total. The van der Waals surface area contributed by atoms with Crippen LogP contribution in [0.5, 0.6) is 0 Å². The van der Waals surface area contributed by atoms with Crippen LogP contribution in [0.2, 0.25) is 0 Å². The molecule has 0 fully saturated rings. The van der Waals surface area contributed by atoms with E-state index in [1.165, 1.54) is 74.6 Å². The summed E-state index contributed by atoms with van der Waals surface area (Å²) in [6.07, 6.45) is 0. The molecule has 0 bridgehead atoms. The van der Waals surface area contributed by atoms with Gasteiger partial charge in [0.15, 0.2) is 0 Å². The Morgan fingerprint density at radius 2 is 1.04 bits per heavy atom. The molecule has 0 atom stereocenters. The van der Waals surface area contributed by atoms with Gasteiger partial charge in [0.25, 0.3) is 0 Å². The zero-order valence-electron chi connectivity index (χ0n) is 28.8. The molecule has 0 unspecified atom stereocenters. The van der Waals surface area contributed by atoms with Gasteiger partial charge in [-0.2, -0.15) is 0 Å². The molecule has 0 saturated heterocycles. The zero-order valence-corrected chi connectivity index (χ0v) is 29.6. The van der Waals surface area contributed by atoms with Gasteiger partial charge in [0.1, 0.15) is 0 Å². The lowest BCUT2D eigenvalue weighted by Crippen LogP contribution is -2.11. The molecule has 0 spiro atoms. The molecule has 11 rings (SSSR count). The summed E-state index contributed by atoms with van der Waals surface area (Å²) in [7, 11) is 0. The van der Waals surface area contributed by atoms with Crippen LogP contribution in [-0.4, -0.2) is 4.57 Å². The molecule has 248 valence electrons. The predicted octanol–water partition coefficient (Wildman–Crippen LogP) is 14.6. The first kappa shape index (κ1) is 30.0. The molecule has 2 aromatic heterocycles. The fourth-order valence-corrected chi connectivity index (χ4v) is 9.50. The molecule has 9 aromatic carbocycles. The topological polar surface area (TPSA) is 8.17 Å². The van der Waals surface area contributed by atoms with Crippen molar-refractivity contribution in [1.29, 1.82) is 0 Å². The molecular weight excluding hydrogens is 661 g/mol. The fraction of sp³-hybridized carbons (Fsp3) is 0. The van der Waals surface area contributed by atoms with E-state index in [1.54, 1.807) is 0 Å². The monoisotopic (exact) mass is 692 g/mol. The maximum Gasteiger partial charge on any atom is 0.0561 e. The Balaban J connectivity index is 1.22. The Bertz CT molecular complexity index is 3170. The molecule has 53 heavy (non-hydrogen) atoms. The molecule has 3 heteroatoms. The third-order valence-electron chi connectivity index (χ3n) is 10.8. The lowest BCUT2D eigenvalue weighted by Gasteiger charge is -2.28. The Labute approximate surface area is 311 Å². The Hall–Kier alpha value is -6.68. The Kier molecular flexibility index (Phi) is 6.76. The summed E-state index contributed by atoms with van der Waals surface area (Å²) in [6.45, 7) is 0. The maximum atomic E-state index is 2.47. The van der Waals surface area contributed by atoms with Crippen molar-refractivity contribution in [2.24, 2.45) is 0 Å². The number of hydrogen-bond donors (Lipinski definition) is 0. The van der Waals surface area contributed by atoms with Crippen molar-refractivity contribution in [3.05, 3.63) is 194 Å². The van der Waals surface area contributed by atoms with Gasteiger partial charge in [0.05, 0.1) is 16.7 Å². The van der Waals surface area contributed by atoms with E-state index in [0.717, 1.165) is 22.7 Å². The lowest BCUT2D eigenvalue weighted by atomic mass is 9.96. The number of benzene rings is 9. The highest BCUT2D eigenvalue weighted by molar-refractivity contribution is 7.26. The fourth-order valence-electron chi connectivity index (χ4n) is 8.40. The number of fused-ring (bicyclic) bond motifs is 9. The second kappa shape index (κ2) is 11.9. The minimum Gasteiger partial charge on any atom is -0.310 e. The van der Waals surface area contributed by atoms with Crippen LogP contribution in [-0.2, 0) is 0 Å². The van der Waals surface area contributed by atoms with Gasteiger partial charge in [-0.15, -0.1) is 11.3 Å². The van der Waals surface area contributed by atoms with E-state index >= 15 is 0 Å². The molecule has 0 aliphatic rings. The molecule has 0 N–H and O–H groups in total. The largest absolute Gasteiger partial charge is 0.310 e. The van der Waals surface area contributed by atoms with Crippen LogP contribution < -0.4 is 4.90 Å². The summed E-state index contributed by atoms with van der Waals surface area (Å²) in [5.41, 5.74) is 9.36. The third-order valence-corrected chi connectivity index (χ3v) is 11.9. The molecule has 0 aliphatic carbocycles. The third kappa shape index (κ3) is 4.71. The molecule has 2 heterocycles. The van der Waals surface area contributed by atoms with Crippen LogP contribution in [0, 0.1) is 0 Å². The van der Waals surface area contributed by atoms with Crippen LogP contribution in [0.1, 0.15) is 0 Å². The number of rotatable bonds is 5. The molecular formula is C50H32N2S. The zero-order chi connectivity index (χ0) is 34.9. The molecule has 11 aromatic rings. The SMILES string of the molecule is c1ccc(-c2ccc(N(c3ccc4sc5ccc6ccccc6c5c4c3)c3ccc4c5ccccc5n(-c5ccccc5)c4c3)c3ccccc23)cc1. The number of hydrogen-bond acceptors (Lipinski definition) is 2. The lowest BCUT2D eigenvalue weighted by molar-refractivity contribution is 1.18. The Morgan fingerprint density at radius 3 is 1.89 bits per heavy atom. The number of thiophene rings is 1. The van der Waals surface area contributed by atoms with Gasteiger partial charge in [-0.25, -0.2) is 0 Å². The molecule has 0 aliphatic heterocycles. The van der Waals surface area contributed by atoms with Gasteiger partial charge in [-0.05, 0) is 87.9 Å². The van der Waals surface area contributed by atoms with Gasteiger partial charge in [0.2, 0.25) is 0 Å². The molecule has 0 saturated carbocycles. The van der Waals surface area contributed by atoms with E-state index in [2.05, 4.69) is 204 Å². The van der Waals surface area contributed by atoms with Crippen LogP contribution in [0.4, 0.5) is 17.1 Å². The average Bonchev–Trinajstić information content (AvgIpc) is 3.77. The van der Waals surface area contributed by atoms with Gasteiger partial charge < -0.3 is 9.47 Å². The minimum absolute atomic E-state index is 1.11. The minimum atomic E-state index is 1.11. The summed E-state index contributed by atoms with van der Waals surface area (Å²) in [6, 6.07) is 71.0. The van der Waals surface area contributed by atoms with Crippen molar-refractivity contribution in [3.8, 4) is 16.8 Å². The summed E-state index contributed by atoms with van der Waals surface area (Å²) < 4.78 is 5.02. The predicted molar refractivity (Wildman–Crippen MR) is 229 cm³/mol. The van der Waals surface area contributed by atoms with Crippen molar-refractivity contribution in [2.45, 2.75) is 0 Å². The van der Waals surface area contributed by atoms with Crippen LogP contribution in [0.25, 0.3) is 80.3 Å². The first-order valence-electron chi connectivity index (χ1n) is 18.1. The summed E-state index contributed by atoms with van der Waals surface area (Å²) in [4.78, 5) is 2.47. The van der Waals surface area contributed by atoms with E-state index in [1.807, 2.05) is 11.3 Å². The van der Waals surface area contributed by atoms with Gasteiger partial charge >= 0.3 is 0 Å². The van der Waals surface area contributed by atoms with Gasteiger partial charge in [-0.1, -0.05) is 133 Å². The number of anilines is 3. The van der Waals surface area contributed by atoms with E-state index in [4.69, 9.17) is 0 Å². The second-order valence-corrected chi connectivity index (χ2v) is 14.8. The first-order chi connectivity index (χ1) is 26.3. The van der Waals surface area contributed by atoms with Crippen molar-refractivity contribution in [3.63, 3.8) is 0 Å². The quantitative estimate of drug-likeness (QED) is 0.174. The first-order valence-corrected chi connectivity index (χ1v) is 18.9. The summed E-state index contributed by atoms with van der Waals surface area (Å²) in [5, 5.41) is 10.1. The second-order valence-electron chi connectivity index (χ2n) is 13.7. The standard InChI is InChI=1S/C50H32N2S/c1-3-13-33(14-4-1)38-27-28-46(41-20-10-9-19-40(38)41)51(36-25-30-48-44(31-36)50-39-18-8-7-15-34(39)23-29-49(50)53-48)37-24-26-43-42-21-11-12-22-45(42)52(47(43)32-37)35-16-5-2-6-17-35/h1-32H. The van der Waals surface area contributed by atoms with Crippen LogP contribution >= 0.6 is 11.3 Å². The highest BCUT2D eigenvalue weighted by atomic mass is 32.1. The van der Waals surface area contributed by atoms with E-state index in [0.29, 0.717) is 0 Å². The number of aromatic nitrogens is 1. The highest BCUT2D eigenvalue weighted by Crippen LogP contribution is 2.46. The van der Waals surface area contributed by atoms with Gasteiger partial charge in [-0.3, -0.25) is 0 Å². The van der Waals surface area contributed by atoms with Crippen molar-refractivity contribution < 1.29 is 0 Å². The summed E-state index contributed by atoms with van der Waals surface area (Å²) in [5.74, 6) is 0. The van der Waals surface area contributed by atoms with Crippen LogP contribution in [0.3, 0.4) is 0 Å². The maximum absolute atomic E-state index is 2.47. The molecule has 0 amide bonds. The summed E-state index contributed by atoms with van der Waals surface area (Å²) >= 11 is 1.87. The van der Waals surface area contributed by atoms with E-state index in [-0.39, 0.29) is 0 Å². The molecule has 0 radical (unpaired) electrons. The van der Waals surface area contributed by atoms with E-state index in [9.17, 15) is 0 Å². The number of nitrogens with zero attached hydrogens (tertiary/aromatic N) is 2. The van der Waals surface area contributed by atoms with E-state index < -0.39 is 0 Å². The van der Waals surface area contributed by atoms with Crippen molar-refractivity contribution in [2.75, 3.05) is 4.90 Å². The van der Waals surface area contributed by atoms with Crippen LogP contribution in [0.15, 0.2) is 194 Å². The van der Waals surface area contributed by atoms with Crippen molar-refractivity contribution >= 4 is 91.9 Å².